The lowest BCUT2D eigenvalue weighted by Crippen LogP contribution is -2.21. The number of fused-ring (bicyclic) bond motifs is 1. The van der Waals surface area contributed by atoms with E-state index in [1.54, 1.807) is 4.52 Å². The molecule has 5 nitrogen and oxygen atoms in total. The van der Waals surface area contributed by atoms with E-state index < -0.39 is 0 Å². The monoisotopic (exact) mass is 232 g/mol. The molecule has 1 unspecified atom stereocenters. The SMILES string of the molecule is Nc1cccc2nc(CC3CCCCO3)nn12. The van der Waals surface area contributed by atoms with Gasteiger partial charge in [-0.15, -0.1) is 5.10 Å². The van der Waals surface area contributed by atoms with Crippen LogP contribution in [0.2, 0.25) is 0 Å². The number of pyridine rings is 1. The number of rotatable bonds is 2. The Hall–Kier alpha value is -1.62. The molecule has 0 aromatic carbocycles. The molecule has 1 saturated heterocycles. The van der Waals surface area contributed by atoms with E-state index in [1.807, 2.05) is 18.2 Å². The van der Waals surface area contributed by atoms with E-state index in [2.05, 4.69) is 10.1 Å². The van der Waals surface area contributed by atoms with Crippen molar-refractivity contribution in [2.45, 2.75) is 31.8 Å². The number of hydrogen-bond acceptors (Lipinski definition) is 4. The summed E-state index contributed by atoms with van der Waals surface area (Å²) in [5.41, 5.74) is 6.63. The summed E-state index contributed by atoms with van der Waals surface area (Å²) in [6.07, 6.45) is 4.55. The van der Waals surface area contributed by atoms with Gasteiger partial charge >= 0.3 is 0 Å². The highest BCUT2D eigenvalue weighted by Gasteiger charge is 2.17. The van der Waals surface area contributed by atoms with Gasteiger partial charge in [-0.3, -0.25) is 0 Å². The number of nitrogen functional groups attached to an aromatic ring is 1. The summed E-state index contributed by atoms with van der Waals surface area (Å²) in [5.74, 6) is 1.43. The molecule has 17 heavy (non-hydrogen) atoms. The highest BCUT2D eigenvalue weighted by molar-refractivity contribution is 5.45. The van der Waals surface area contributed by atoms with Crippen molar-refractivity contribution in [3.63, 3.8) is 0 Å². The molecular weight excluding hydrogens is 216 g/mol. The second-order valence-electron chi connectivity index (χ2n) is 4.44. The molecule has 0 radical (unpaired) electrons. The van der Waals surface area contributed by atoms with E-state index in [9.17, 15) is 0 Å². The highest BCUT2D eigenvalue weighted by atomic mass is 16.5. The zero-order chi connectivity index (χ0) is 11.7. The van der Waals surface area contributed by atoms with Crippen LogP contribution >= 0.6 is 0 Å². The lowest BCUT2D eigenvalue weighted by molar-refractivity contribution is 0.0157. The zero-order valence-electron chi connectivity index (χ0n) is 9.67. The number of ether oxygens (including phenoxy) is 1. The van der Waals surface area contributed by atoms with E-state index in [0.717, 1.165) is 30.9 Å². The van der Waals surface area contributed by atoms with E-state index in [-0.39, 0.29) is 6.10 Å². The van der Waals surface area contributed by atoms with Crippen molar-refractivity contribution < 1.29 is 4.74 Å². The largest absolute Gasteiger partial charge is 0.384 e. The molecule has 2 N–H and O–H groups in total. The van der Waals surface area contributed by atoms with Crippen LogP contribution in [0.1, 0.15) is 25.1 Å². The summed E-state index contributed by atoms with van der Waals surface area (Å²) in [5, 5.41) is 4.41. The molecule has 1 aliphatic heterocycles. The first-order valence-corrected chi connectivity index (χ1v) is 6.05. The summed E-state index contributed by atoms with van der Waals surface area (Å²) in [7, 11) is 0. The Labute approximate surface area is 99.6 Å². The van der Waals surface area contributed by atoms with Crippen LogP contribution in [0.5, 0.6) is 0 Å². The number of aromatic nitrogens is 3. The Morgan fingerprint density at radius 2 is 2.35 bits per heavy atom. The topological polar surface area (TPSA) is 65.4 Å². The third kappa shape index (κ3) is 2.10. The summed E-state index contributed by atoms with van der Waals surface area (Å²) >= 11 is 0. The second kappa shape index (κ2) is 4.33. The lowest BCUT2D eigenvalue weighted by Gasteiger charge is -2.20. The summed E-state index contributed by atoms with van der Waals surface area (Å²) < 4.78 is 7.37. The lowest BCUT2D eigenvalue weighted by atomic mass is 10.1. The van der Waals surface area contributed by atoms with Crippen LogP contribution in [0.3, 0.4) is 0 Å². The normalized spacial score (nSPS) is 20.8. The molecule has 0 amide bonds. The fourth-order valence-corrected chi connectivity index (χ4v) is 2.23. The summed E-state index contributed by atoms with van der Waals surface area (Å²) in [6, 6.07) is 5.62. The van der Waals surface area contributed by atoms with Gasteiger partial charge in [-0.25, -0.2) is 4.98 Å². The number of anilines is 1. The van der Waals surface area contributed by atoms with Crippen LogP contribution < -0.4 is 5.73 Å². The van der Waals surface area contributed by atoms with Gasteiger partial charge in [0.2, 0.25) is 0 Å². The van der Waals surface area contributed by atoms with Gasteiger partial charge in [-0.2, -0.15) is 4.52 Å². The molecule has 0 spiro atoms. The maximum Gasteiger partial charge on any atom is 0.157 e. The van der Waals surface area contributed by atoms with Crippen LogP contribution in [0.25, 0.3) is 5.65 Å². The molecule has 90 valence electrons. The molecule has 0 saturated carbocycles. The van der Waals surface area contributed by atoms with Crippen molar-refractivity contribution in [3.05, 3.63) is 24.0 Å². The molecule has 3 rings (SSSR count). The third-order valence-electron chi connectivity index (χ3n) is 3.12. The molecule has 2 aromatic rings. The van der Waals surface area contributed by atoms with Crippen molar-refractivity contribution >= 4 is 11.5 Å². The summed E-state index contributed by atoms with van der Waals surface area (Å²) in [4.78, 5) is 4.46. The van der Waals surface area contributed by atoms with Gasteiger partial charge in [0.15, 0.2) is 11.5 Å². The van der Waals surface area contributed by atoms with Crippen LogP contribution in [-0.4, -0.2) is 27.3 Å². The first-order chi connectivity index (χ1) is 8.33. The van der Waals surface area contributed by atoms with E-state index >= 15 is 0 Å². The molecule has 0 bridgehead atoms. The molecule has 1 aliphatic rings. The Morgan fingerprint density at radius 3 is 3.12 bits per heavy atom. The van der Waals surface area contributed by atoms with Gasteiger partial charge in [-0.1, -0.05) is 6.07 Å². The van der Waals surface area contributed by atoms with Crippen molar-refractivity contribution in [2.24, 2.45) is 0 Å². The maximum absolute atomic E-state index is 5.83. The van der Waals surface area contributed by atoms with Gasteiger partial charge in [0.05, 0.1) is 6.10 Å². The quantitative estimate of drug-likeness (QED) is 0.850. The van der Waals surface area contributed by atoms with E-state index in [0.29, 0.717) is 5.82 Å². The standard InChI is InChI=1S/C12H16N4O/c13-10-5-3-6-12-14-11(15-16(10)12)8-9-4-1-2-7-17-9/h3,5-6,9H,1-2,4,7-8,13H2. The molecule has 1 fully saturated rings. The van der Waals surface area contributed by atoms with E-state index in [1.165, 1.54) is 12.8 Å². The molecule has 0 aliphatic carbocycles. The smallest absolute Gasteiger partial charge is 0.157 e. The minimum absolute atomic E-state index is 0.266. The van der Waals surface area contributed by atoms with Crippen LogP contribution in [0.15, 0.2) is 18.2 Å². The van der Waals surface area contributed by atoms with Crippen molar-refractivity contribution in [1.29, 1.82) is 0 Å². The molecular formula is C12H16N4O. The Bertz CT molecular complexity index is 516. The predicted molar refractivity (Wildman–Crippen MR) is 64.7 cm³/mol. The summed E-state index contributed by atoms with van der Waals surface area (Å²) in [6.45, 7) is 0.861. The average Bonchev–Trinajstić information content (AvgIpc) is 2.74. The van der Waals surface area contributed by atoms with Gasteiger partial charge in [0.25, 0.3) is 0 Å². The number of nitrogens with zero attached hydrogens (tertiary/aromatic N) is 3. The van der Waals surface area contributed by atoms with Crippen molar-refractivity contribution in [3.8, 4) is 0 Å². The van der Waals surface area contributed by atoms with Gasteiger partial charge in [0.1, 0.15) is 5.82 Å². The minimum atomic E-state index is 0.266. The number of hydrogen-bond donors (Lipinski definition) is 1. The predicted octanol–water partition coefficient (Wildman–Crippen LogP) is 1.42. The number of nitrogens with two attached hydrogens (primary N) is 1. The average molecular weight is 232 g/mol. The fourth-order valence-electron chi connectivity index (χ4n) is 2.23. The van der Waals surface area contributed by atoms with Crippen LogP contribution in [0, 0.1) is 0 Å². The van der Waals surface area contributed by atoms with Gasteiger partial charge in [-0.05, 0) is 31.4 Å². The van der Waals surface area contributed by atoms with Crippen molar-refractivity contribution in [2.75, 3.05) is 12.3 Å². The first kappa shape index (κ1) is 10.5. The van der Waals surface area contributed by atoms with Crippen LogP contribution in [0.4, 0.5) is 5.82 Å². The highest BCUT2D eigenvalue weighted by Crippen LogP contribution is 2.16. The fraction of sp³-hybridized carbons (Fsp3) is 0.500. The molecule has 3 heterocycles. The third-order valence-corrected chi connectivity index (χ3v) is 3.12. The van der Waals surface area contributed by atoms with Gasteiger partial charge in [0, 0.05) is 13.0 Å². The van der Waals surface area contributed by atoms with Crippen molar-refractivity contribution in [1.82, 2.24) is 14.6 Å². The Morgan fingerprint density at radius 1 is 1.41 bits per heavy atom. The second-order valence-corrected chi connectivity index (χ2v) is 4.44. The molecule has 5 heteroatoms. The Kier molecular flexibility index (Phi) is 2.68. The van der Waals surface area contributed by atoms with Gasteiger partial charge < -0.3 is 10.5 Å². The molecule has 1 atom stereocenters. The molecule has 2 aromatic heterocycles. The minimum Gasteiger partial charge on any atom is -0.384 e. The van der Waals surface area contributed by atoms with E-state index in [4.69, 9.17) is 10.5 Å². The Balaban J connectivity index is 1.83. The first-order valence-electron chi connectivity index (χ1n) is 6.05. The zero-order valence-corrected chi connectivity index (χ0v) is 9.67. The maximum atomic E-state index is 5.83. The van der Waals surface area contributed by atoms with Crippen LogP contribution in [-0.2, 0) is 11.2 Å².